The van der Waals surface area contributed by atoms with Crippen molar-refractivity contribution in [1.82, 2.24) is 20.4 Å². The van der Waals surface area contributed by atoms with Gasteiger partial charge in [0.1, 0.15) is 0 Å². The maximum Gasteiger partial charge on any atom is 0.319 e. The van der Waals surface area contributed by atoms with E-state index >= 15 is 0 Å². The molecular weight excluding hydrogens is 350 g/mol. The monoisotopic (exact) mass is 375 g/mol. The highest BCUT2D eigenvalue weighted by molar-refractivity contribution is 6.00. The minimum Gasteiger partial charge on any atom is -0.337 e. The van der Waals surface area contributed by atoms with Gasteiger partial charge in [0.15, 0.2) is 0 Å². The van der Waals surface area contributed by atoms with E-state index < -0.39 is 0 Å². The molecule has 3 aromatic rings. The van der Waals surface area contributed by atoms with E-state index in [-0.39, 0.29) is 6.03 Å². The molecule has 4 rings (SSSR count). The van der Waals surface area contributed by atoms with Gasteiger partial charge in [-0.1, -0.05) is 36.4 Å². The van der Waals surface area contributed by atoms with Crippen LogP contribution < -0.4 is 10.6 Å². The van der Waals surface area contributed by atoms with Gasteiger partial charge in [0.05, 0.1) is 16.9 Å². The van der Waals surface area contributed by atoms with Crippen molar-refractivity contribution in [2.24, 2.45) is 0 Å². The van der Waals surface area contributed by atoms with Gasteiger partial charge < -0.3 is 15.5 Å². The highest BCUT2D eigenvalue weighted by atomic mass is 16.2. The zero-order valence-electron chi connectivity index (χ0n) is 16.1. The fourth-order valence-corrected chi connectivity index (χ4v) is 3.80. The van der Waals surface area contributed by atoms with E-state index in [4.69, 9.17) is 0 Å². The average molecular weight is 375 g/mol. The van der Waals surface area contributed by atoms with Gasteiger partial charge in [-0.05, 0) is 49.6 Å². The Hall–Kier alpha value is -2.99. The van der Waals surface area contributed by atoms with Crippen LogP contribution in [0.5, 0.6) is 0 Å². The molecule has 6 heteroatoms. The number of rotatable bonds is 5. The first-order valence-corrected chi connectivity index (χ1v) is 9.74. The van der Waals surface area contributed by atoms with Gasteiger partial charge in [-0.25, -0.2) is 4.79 Å². The third kappa shape index (κ3) is 4.28. The molecule has 2 N–H and O–H groups in total. The van der Waals surface area contributed by atoms with Crippen LogP contribution in [-0.4, -0.2) is 47.3 Å². The molecule has 1 saturated heterocycles. The number of fused-ring (bicyclic) bond motifs is 1. The Labute approximate surface area is 165 Å². The summed E-state index contributed by atoms with van der Waals surface area (Å²) in [6, 6.07) is 18.1. The van der Waals surface area contributed by atoms with E-state index in [1.165, 1.54) is 12.0 Å². The average Bonchev–Trinajstić information content (AvgIpc) is 3.18. The summed E-state index contributed by atoms with van der Waals surface area (Å²) in [6.07, 6.45) is 1.17. The van der Waals surface area contributed by atoms with Crippen LogP contribution >= 0.6 is 0 Å². The Morgan fingerprint density at radius 1 is 1.14 bits per heavy atom. The summed E-state index contributed by atoms with van der Waals surface area (Å²) >= 11 is 0. The van der Waals surface area contributed by atoms with E-state index in [0.29, 0.717) is 12.5 Å². The predicted octanol–water partition coefficient (Wildman–Crippen LogP) is 3.55. The number of benzene rings is 2. The molecule has 2 heterocycles. The van der Waals surface area contributed by atoms with E-state index in [2.05, 4.69) is 56.1 Å². The maximum absolute atomic E-state index is 12.3. The fourth-order valence-electron chi connectivity index (χ4n) is 3.80. The van der Waals surface area contributed by atoms with Crippen LogP contribution in [0.25, 0.3) is 10.9 Å². The van der Waals surface area contributed by atoms with Gasteiger partial charge in [0.25, 0.3) is 0 Å². The first-order valence-electron chi connectivity index (χ1n) is 9.74. The number of likely N-dealkylation sites (tertiary alicyclic amines) is 1. The van der Waals surface area contributed by atoms with Crippen molar-refractivity contribution < 1.29 is 4.79 Å². The molecule has 1 aliphatic heterocycles. The number of nitrogens with one attached hydrogen (secondary N) is 2. The molecule has 0 spiro atoms. The first-order chi connectivity index (χ1) is 13.7. The minimum atomic E-state index is -0.194. The van der Waals surface area contributed by atoms with Crippen LogP contribution in [0.3, 0.4) is 0 Å². The molecule has 1 aromatic heterocycles. The number of carbonyl (C=O) groups is 1. The van der Waals surface area contributed by atoms with Crippen LogP contribution in [0.15, 0.2) is 54.6 Å². The molecule has 6 nitrogen and oxygen atoms in total. The Balaban J connectivity index is 1.27. The lowest BCUT2D eigenvalue weighted by atomic mass is 9.99. The summed E-state index contributed by atoms with van der Waals surface area (Å²) in [5.74, 6) is 0.593. The van der Waals surface area contributed by atoms with Crippen LogP contribution in [0.4, 0.5) is 10.5 Å². The summed E-state index contributed by atoms with van der Waals surface area (Å²) in [5.41, 5.74) is 3.75. The summed E-state index contributed by atoms with van der Waals surface area (Å²) in [6.45, 7) is 5.49. The molecule has 1 atom stereocenters. The van der Waals surface area contributed by atoms with Crippen molar-refractivity contribution in [3.05, 3.63) is 65.9 Å². The van der Waals surface area contributed by atoms with Crippen molar-refractivity contribution in [1.29, 1.82) is 0 Å². The van der Waals surface area contributed by atoms with Crippen LogP contribution in [0.2, 0.25) is 0 Å². The second-order valence-electron chi connectivity index (χ2n) is 7.30. The Kier molecular flexibility index (Phi) is 5.48. The van der Waals surface area contributed by atoms with Gasteiger partial charge >= 0.3 is 6.03 Å². The fraction of sp³-hybridized carbons (Fsp3) is 0.318. The molecule has 1 aliphatic rings. The second-order valence-corrected chi connectivity index (χ2v) is 7.30. The number of anilines is 1. The molecule has 0 bridgehead atoms. The lowest BCUT2D eigenvalue weighted by molar-refractivity contribution is 0.249. The molecular formula is C22H25N5O. The predicted molar refractivity (Wildman–Crippen MR) is 112 cm³/mol. The van der Waals surface area contributed by atoms with E-state index in [1.54, 1.807) is 0 Å². The number of nitrogens with zero attached hydrogens (tertiary/aromatic N) is 3. The van der Waals surface area contributed by atoms with E-state index in [1.807, 2.05) is 31.2 Å². The van der Waals surface area contributed by atoms with Crippen molar-refractivity contribution in [3.8, 4) is 0 Å². The van der Waals surface area contributed by atoms with Crippen molar-refractivity contribution >= 4 is 22.6 Å². The van der Waals surface area contributed by atoms with Gasteiger partial charge in [0.2, 0.25) is 0 Å². The number of amides is 2. The standard InChI is InChI=1S/C22H25N5O/c1-16-14-19-20(8-5-9-21(19)26-25-16)24-22(28)23-11-13-27-12-10-18(15-27)17-6-3-2-4-7-17/h2-9,14,18H,10-13,15H2,1H3,(H2,23,24,28)/t18-/m0/s1. The van der Waals surface area contributed by atoms with Crippen LogP contribution in [0.1, 0.15) is 23.6 Å². The number of hydrogen-bond acceptors (Lipinski definition) is 4. The molecule has 144 valence electrons. The highest BCUT2D eigenvalue weighted by Crippen LogP contribution is 2.26. The first kappa shape index (κ1) is 18.4. The van der Waals surface area contributed by atoms with E-state index in [9.17, 15) is 4.79 Å². The lowest BCUT2D eigenvalue weighted by Gasteiger charge is -2.17. The van der Waals surface area contributed by atoms with E-state index in [0.717, 1.165) is 41.9 Å². The lowest BCUT2D eigenvalue weighted by Crippen LogP contribution is -2.36. The minimum absolute atomic E-state index is 0.194. The number of urea groups is 1. The number of hydrogen-bond donors (Lipinski definition) is 2. The zero-order chi connectivity index (χ0) is 19.3. The van der Waals surface area contributed by atoms with Crippen LogP contribution in [-0.2, 0) is 0 Å². The maximum atomic E-state index is 12.3. The molecule has 0 unspecified atom stereocenters. The largest absolute Gasteiger partial charge is 0.337 e. The van der Waals surface area contributed by atoms with Gasteiger partial charge in [-0.15, -0.1) is 0 Å². The molecule has 28 heavy (non-hydrogen) atoms. The summed E-state index contributed by atoms with van der Waals surface area (Å²) in [7, 11) is 0. The SMILES string of the molecule is Cc1cc2c(NC(=O)NCCN3CC[C@H](c4ccccc4)C3)cccc2nn1. The Morgan fingerprint density at radius 2 is 2.00 bits per heavy atom. The van der Waals surface area contributed by atoms with Gasteiger partial charge in [-0.2, -0.15) is 10.2 Å². The highest BCUT2D eigenvalue weighted by Gasteiger charge is 2.23. The Bertz CT molecular complexity index is 960. The second kappa shape index (κ2) is 8.35. The molecule has 1 fully saturated rings. The summed E-state index contributed by atoms with van der Waals surface area (Å²) < 4.78 is 0. The topological polar surface area (TPSA) is 70.2 Å². The van der Waals surface area contributed by atoms with Crippen molar-refractivity contribution in [2.45, 2.75) is 19.3 Å². The number of carbonyl (C=O) groups excluding carboxylic acids is 1. The van der Waals surface area contributed by atoms with Gasteiger partial charge in [-0.3, -0.25) is 0 Å². The Morgan fingerprint density at radius 3 is 2.86 bits per heavy atom. The smallest absolute Gasteiger partial charge is 0.319 e. The molecule has 2 amide bonds. The van der Waals surface area contributed by atoms with Gasteiger partial charge in [0, 0.05) is 25.0 Å². The molecule has 0 aliphatic carbocycles. The molecule has 2 aromatic carbocycles. The zero-order valence-corrected chi connectivity index (χ0v) is 16.1. The molecule has 0 saturated carbocycles. The normalized spacial score (nSPS) is 17.0. The van der Waals surface area contributed by atoms with Crippen molar-refractivity contribution in [3.63, 3.8) is 0 Å². The summed E-state index contributed by atoms with van der Waals surface area (Å²) in [4.78, 5) is 14.7. The quantitative estimate of drug-likeness (QED) is 0.715. The summed E-state index contributed by atoms with van der Waals surface area (Å²) in [5, 5.41) is 15.0. The number of aryl methyl sites for hydroxylation is 1. The van der Waals surface area contributed by atoms with Crippen molar-refractivity contribution in [2.75, 3.05) is 31.5 Å². The molecule has 0 radical (unpaired) electrons. The number of aromatic nitrogens is 2. The third-order valence-electron chi connectivity index (χ3n) is 5.26. The third-order valence-corrected chi connectivity index (χ3v) is 5.26. The van der Waals surface area contributed by atoms with Crippen LogP contribution in [0, 0.1) is 6.92 Å².